The van der Waals surface area contributed by atoms with Crippen molar-refractivity contribution in [2.75, 3.05) is 19.8 Å². The maximum Gasteiger partial charge on any atom is 0.102 e. The normalized spacial score (nSPS) is 24.9. The van der Waals surface area contributed by atoms with E-state index in [2.05, 4.69) is 0 Å². The van der Waals surface area contributed by atoms with E-state index < -0.39 is 0 Å². The number of thiophene rings is 1. The van der Waals surface area contributed by atoms with E-state index in [1.165, 1.54) is 0 Å². The summed E-state index contributed by atoms with van der Waals surface area (Å²) in [7, 11) is 0. The van der Waals surface area contributed by atoms with Crippen LogP contribution in [0.4, 0.5) is 0 Å². The van der Waals surface area contributed by atoms with Gasteiger partial charge >= 0.3 is 0 Å². The van der Waals surface area contributed by atoms with Crippen molar-refractivity contribution in [3.63, 3.8) is 0 Å². The first-order valence-corrected chi connectivity index (χ1v) is 6.05. The highest BCUT2D eigenvalue weighted by molar-refractivity contribution is 7.11. The largest absolute Gasteiger partial charge is 0.376 e. The number of ether oxygens (including phenoxy) is 2. The lowest BCUT2D eigenvalue weighted by Crippen LogP contribution is -2.31. The zero-order chi connectivity index (χ0) is 9.97. The standard InChI is InChI=1S/C9H10Cl2O2S/c10-6-1-4-14-9(6)8(11)7-5-12-2-3-13-7/h1,4,7-8H,2-3,5H2. The van der Waals surface area contributed by atoms with Gasteiger partial charge < -0.3 is 9.47 Å². The summed E-state index contributed by atoms with van der Waals surface area (Å²) in [5, 5.41) is 2.43. The van der Waals surface area contributed by atoms with Crippen molar-refractivity contribution in [2.24, 2.45) is 0 Å². The first-order valence-electron chi connectivity index (χ1n) is 4.35. The third kappa shape index (κ3) is 2.23. The molecular formula is C9H10Cl2O2S. The Kier molecular flexibility index (Phi) is 3.68. The van der Waals surface area contributed by atoms with Crippen LogP contribution in [0.25, 0.3) is 0 Å². The Morgan fingerprint density at radius 1 is 1.50 bits per heavy atom. The van der Waals surface area contributed by atoms with E-state index in [-0.39, 0.29) is 11.5 Å². The zero-order valence-corrected chi connectivity index (χ0v) is 9.74. The fraction of sp³-hybridized carbons (Fsp3) is 0.556. The van der Waals surface area contributed by atoms with E-state index in [0.29, 0.717) is 24.8 Å². The predicted octanol–water partition coefficient (Wildman–Crippen LogP) is 3.10. The molecule has 0 aromatic carbocycles. The van der Waals surface area contributed by atoms with Gasteiger partial charge in [-0.05, 0) is 11.4 Å². The minimum atomic E-state index is -0.206. The van der Waals surface area contributed by atoms with E-state index in [1.54, 1.807) is 11.3 Å². The minimum absolute atomic E-state index is 0.0819. The van der Waals surface area contributed by atoms with Gasteiger partial charge in [0.05, 0.1) is 30.2 Å². The highest BCUT2D eigenvalue weighted by Crippen LogP contribution is 2.36. The lowest BCUT2D eigenvalue weighted by Gasteiger charge is -2.26. The molecule has 1 aliphatic heterocycles. The molecule has 1 aromatic rings. The van der Waals surface area contributed by atoms with Gasteiger partial charge in [-0.2, -0.15) is 0 Å². The first kappa shape index (κ1) is 10.7. The molecule has 78 valence electrons. The average Bonchev–Trinajstić information content (AvgIpc) is 2.65. The van der Waals surface area contributed by atoms with Crippen molar-refractivity contribution in [3.8, 4) is 0 Å². The number of alkyl halides is 1. The van der Waals surface area contributed by atoms with Crippen LogP contribution in [0.1, 0.15) is 10.3 Å². The topological polar surface area (TPSA) is 18.5 Å². The monoisotopic (exact) mass is 252 g/mol. The molecule has 2 rings (SSSR count). The van der Waals surface area contributed by atoms with E-state index in [4.69, 9.17) is 32.7 Å². The third-order valence-electron chi connectivity index (χ3n) is 2.06. The van der Waals surface area contributed by atoms with Crippen molar-refractivity contribution in [1.82, 2.24) is 0 Å². The molecule has 2 nitrogen and oxygen atoms in total. The van der Waals surface area contributed by atoms with E-state index in [9.17, 15) is 0 Å². The van der Waals surface area contributed by atoms with Gasteiger partial charge in [0, 0.05) is 4.88 Å². The summed E-state index contributed by atoms with van der Waals surface area (Å²) in [6, 6.07) is 1.85. The Labute approximate surface area is 96.7 Å². The number of rotatable bonds is 2. The average molecular weight is 253 g/mol. The van der Waals surface area contributed by atoms with Crippen LogP contribution in [0.5, 0.6) is 0 Å². The maximum atomic E-state index is 6.25. The molecule has 2 atom stereocenters. The van der Waals surface area contributed by atoms with E-state index in [0.717, 1.165) is 4.88 Å². The maximum absolute atomic E-state index is 6.25. The van der Waals surface area contributed by atoms with Gasteiger partial charge in [0.25, 0.3) is 0 Å². The molecule has 0 aliphatic carbocycles. The summed E-state index contributed by atoms with van der Waals surface area (Å²) in [5.74, 6) is 0. The Morgan fingerprint density at radius 2 is 2.36 bits per heavy atom. The van der Waals surface area contributed by atoms with Crippen LogP contribution in [0, 0.1) is 0 Å². The van der Waals surface area contributed by atoms with Gasteiger partial charge in [0.1, 0.15) is 6.10 Å². The van der Waals surface area contributed by atoms with Crippen molar-refractivity contribution in [2.45, 2.75) is 11.5 Å². The van der Waals surface area contributed by atoms with Crippen molar-refractivity contribution >= 4 is 34.5 Å². The highest BCUT2D eigenvalue weighted by Gasteiger charge is 2.27. The second-order valence-corrected chi connectivity index (χ2v) is 4.84. The van der Waals surface area contributed by atoms with Gasteiger partial charge in [0.2, 0.25) is 0 Å². The van der Waals surface area contributed by atoms with Gasteiger partial charge in [-0.15, -0.1) is 22.9 Å². The fourth-order valence-electron chi connectivity index (χ4n) is 1.35. The van der Waals surface area contributed by atoms with Gasteiger partial charge in [-0.1, -0.05) is 11.6 Å². The number of hydrogen-bond donors (Lipinski definition) is 0. The fourth-order valence-corrected chi connectivity index (χ4v) is 3.02. The smallest absolute Gasteiger partial charge is 0.102 e. The van der Waals surface area contributed by atoms with Crippen LogP contribution in [0.15, 0.2) is 11.4 Å². The summed E-state index contributed by atoms with van der Waals surface area (Å²) >= 11 is 13.8. The molecule has 2 unspecified atom stereocenters. The summed E-state index contributed by atoms with van der Waals surface area (Å²) in [6.45, 7) is 1.80. The van der Waals surface area contributed by atoms with Crippen LogP contribution in [-0.2, 0) is 9.47 Å². The van der Waals surface area contributed by atoms with E-state index >= 15 is 0 Å². The molecule has 2 heterocycles. The number of halogens is 2. The molecule has 1 saturated heterocycles. The molecule has 1 aliphatic rings. The Morgan fingerprint density at radius 3 is 2.93 bits per heavy atom. The van der Waals surface area contributed by atoms with Crippen LogP contribution in [-0.4, -0.2) is 25.9 Å². The molecule has 0 N–H and O–H groups in total. The summed E-state index contributed by atoms with van der Waals surface area (Å²) in [6.07, 6.45) is -0.0819. The molecule has 5 heteroatoms. The van der Waals surface area contributed by atoms with Crippen LogP contribution >= 0.6 is 34.5 Å². The Hall–Kier alpha value is 0.200. The lowest BCUT2D eigenvalue weighted by molar-refractivity contribution is -0.0889. The van der Waals surface area contributed by atoms with Crippen LogP contribution < -0.4 is 0 Å². The van der Waals surface area contributed by atoms with Gasteiger partial charge in [0.15, 0.2) is 0 Å². The second kappa shape index (κ2) is 4.81. The summed E-state index contributed by atoms with van der Waals surface area (Å²) < 4.78 is 10.8. The number of hydrogen-bond acceptors (Lipinski definition) is 3. The quantitative estimate of drug-likeness (QED) is 0.754. The first-order chi connectivity index (χ1) is 6.79. The molecular weight excluding hydrogens is 243 g/mol. The van der Waals surface area contributed by atoms with Crippen molar-refractivity contribution in [3.05, 3.63) is 21.3 Å². The summed E-state index contributed by atoms with van der Waals surface area (Å²) in [5.41, 5.74) is 0. The molecule has 0 amide bonds. The third-order valence-corrected chi connectivity index (χ3v) is 4.13. The van der Waals surface area contributed by atoms with Gasteiger partial charge in [-0.25, -0.2) is 0 Å². The SMILES string of the molecule is Clc1ccsc1C(Cl)C1COCCO1. The predicted molar refractivity (Wildman–Crippen MR) is 58.5 cm³/mol. The highest BCUT2D eigenvalue weighted by atomic mass is 35.5. The van der Waals surface area contributed by atoms with E-state index in [1.807, 2.05) is 11.4 Å². The molecule has 0 bridgehead atoms. The zero-order valence-electron chi connectivity index (χ0n) is 7.41. The Balaban J connectivity index is 2.07. The molecule has 0 spiro atoms. The molecule has 14 heavy (non-hydrogen) atoms. The second-order valence-electron chi connectivity index (χ2n) is 3.02. The molecule has 1 fully saturated rings. The molecule has 1 aromatic heterocycles. The van der Waals surface area contributed by atoms with Crippen molar-refractivity contribution in [1.29, 1.82) is 0 Å². The minimum Gasteiger partial charge on any atom is -0.376 e. The Bertz CT molecular complexity index is 297. The summed E-state index contributed by atoms with van der Waals surface area (Å²) in [4.78, 5) is 0.962. The molecule has 0 saturated carbocycles. The van der Waals surface area contributed by atoms with Gasteiger partial charge in [-0.3, -0.25) is 0 Å². The van der Waals surface area contributed by atoms with Crippen LogP contribution in [0.2, 0.25) is 5.02 Å². The molecule has 0 radical (unpaired) electrons. The van der Waals surface area contributed by atoms with Crippen LogP contribution in [0.3, 0.4) is 0 Å². The van der Waals surface area contributed by atoms with Crippen molar-refractivity contribution < 1.29 is 9.47 Å². The lowest BCUT2D eigenvalue weighted by atomic mass is 10.2.